The van der Waals surface area contributed by atoms with E-state index in [9.17, 15) is 14.4 Å². The highest BCUT2D eigenvalue weighted by molar-refractivity contribution is 6.32. The highest BCUT2D eigenvalue weighted by Gasteiger charge is 2.72. The fraction of sp³-hybridized carbons (Fsp3) is 0.484. The maximum atomic E-state index is 15.3. The summed E-state index contributed by atoms with van der Waals surface area (Å²) in [6.07, 6.45) is 2.21. The van der Waals surface area contributed by atoms with E-state index in [0.29, 0.717) is 46.0 Å². The summed E-state index contributed by atoms with van der Waals surface area (Å²) in [5, 5.41) is 9.01. The summed E-state index contributed by atoms with van der Waals surface area (Å²) >= 11 is 6.48. The smallest absolute Gasteiger partial charge is 0.410 e. The number of fused-ring (bicyclic) bond motifs is 3. The number of ether oxygens (including phenoxy) is 2. The number of hydrogen-bond acceptors (Lipinski definition) is 8. The first-order valence-electron chi connectivity index (χ1n) is 14.9. The summed E-state index contributed by atoms with van der Waals surface area (Å²) in [6.45, 7) is 10.5. The van der Waals surface area contributed by atoms with Gasteiger partial charge in [-0.05, 0) is 49.9 Å². The lowest BCUT2D eigenvalue weighted by Gasteiger charge is -2.34. The second kappa shape index (κ2) is 10.2. The zero-order valence-corrected chi connectivity index (χ0v) is 26.3. The Kier molecular flexibility index (Phi) is 6.72. The number of morpholine rings is 1. The minimum absolute atomic E-state index is 0.119. The number of halogens is 2. The van der Waals surface area contributed by atoms with E-state index in [1.54, 1.807) is 42.4 Å². The number of carbonyl (C=O) groups excluding carboxylic acids is 3. The molecule has 0 spiro atoms. The molecule has 0 bridgehead atoms. The molecule has 45 heavy (non-hydrogen) atoms. The van der Waals surface area contributed by atoms with Crippen LogP contribution in [0.15, 0.2) is 30.7 Å². The van der Waals surface area contributed by atoms with Crippen LogP contribution in [0.5, 0.6) is 0 Å². The number of piperidine rings is 1. The molecule has 1 saturated carbocycles. The maximum absolute atomic E-state index is 15.3. The molecule has 2 unspecified atom stereocenters. The van der Waals surface area contributed by atoms with Crippen LogP contribution in [0.2, 0.25) is 5.02 Å². The molecule has 7 rings (SSSR count). The van der Waals surface area contributed by atoms with E-state index in [1.807, 2.05) is 19.9 Å². The SMILES string of the molecule is CC(C)(C)OC(=O)N1CCO[C@H](Cn2nc(F)c3cc(Cl)cc(-c4ncnn5cc(CN6C(=O)C7C(C6=O)C7(C)C)cc45)c32)C1. The molecule has 4 aromatic rings. The molecule has 1 aliphatic carbocycles. The van der Waals surface area contributed by atoms with Crippen molar-refractivity contribution in [2.45, 2.75) is 59.4 Å². The van der Waals surface area contributed by atoms with Crippen LogP contribution in [0.25, 0.3) is 27.7 Å². The van der Waals surface area contributed by atoms with E-state index in [0.717, 1.165) is 0 Å². The maximum Gasteiger partial charge on any atom is 0.410 e. The van der Waals surface area contributed by atoms with Crippen molar-refractivity contribution in [1.29, 1.82) is 0 Å². The van der Waals surface area contributed by atoms with Gasteiger partial charge in [-0.2, -0.15) is 9.49 Å². The largest absolute Gasteiger partial charge is 0.444 e. The van der Waals surface area contributed by atoms with Crippen LogP contribution < -0.4 is 0 Å². The normalized spacial score (nSPS) is 22.9. The summed E-state index contributed by atoms with van der Waals surface area (Å²) in [4.78, 5) is 46.1. The van der Waals surface area contributed by atoms with Crippen molar-refractivity contribution in [2.75, 3.05) is 19.7 Å². The van der Waals surface area contributed by atoms with Gasteiger partial charge in [0.1, 0.15) is 17.6 Å². The third-order valence-corrected chi connectivity index (χ3v) is 9.10. The van der Waals surface area contributed by atoms with Gasteiger partial charge in [-0.25, -0.2) is 14.3 Å². The summed E-state index contributed by atoms with van der Waals surface area (Å²) in [5.74, 6) is -1.54. The Morgan fingerprint density at radius 2 is 1.91 bits per heavy atom. The van der Waals surface area contributed by atoms with Gasteiger partial charge in [-0.3, -0.25) is 19.2 Å². The molecule has 3 amide bonds. The van der Waals surface area contributed by atoms with Crippen molar-refractivity contribution in [1.82, 2.24) is 34.2 Å². The fourth-order valence-corrected chi connectivity index (χ4v) is 6.91. The van der Waals surface area contributed by atoms with Crippen molar-refractivity contribution >= 4 is 45.9 Å². The lowest BCUT2D eigenvalue weighted by molar-refractivity contribution is -0.143. The molecule has 12 nitrogen and oxygen atoms in total. The molecule has 3 fully saturated rings. The summed E-state index contributed by atoms with van der Waals surface area (Å²) in [6, 6.07) is 5.01. The van der Waals surface area contributed by atoms with E-state index in [-0.39, 0.29) is 54.1 Å². The lowest BCUT2D eigenvalue weighted by atomic mass is 10.1. The molecule has 3 aliphatic rings. The van der Waals surface area contributed by atoms with Gasteiger partial charge in [0.25, 0.3) is 0 Å². The predicted octanol–water partition coefficient (Wildman–Crippen LogP) is 4.32. The van der Waals surface area contributed by atoms with E-state index in [2.05, 4.69) is 15.2 Å². The summed E-state index contributed by atoms with van der Waals surface area (Å²) < 4.78 is 29.9. The van der Waals surface area contributed by atoms with Gasteiger partial charge in [0.15, 0.2) is 0 Å². The number of nitrogens with zero attached hydrogens (tertiary/aromatic N) is 7. The highest BCUT2D eigenvalue weighted by Crippen LogP contribution is 2.63. The quantitative estimate of drug-likeness (QED) is 0.297. The topological polar surface area (TPSA) is 124 Å². The predicted molar refractivity (Wildman–Crippen MR) is 161 cm³/mol. The standard InChI is InChI=1S/C31H33ClFN7O5/c1-30(2,3)45-29(43)37-6-7-44-18(13-37)14-40-25-19(9-17(32)10-20(25)26(33)36-40)24-21-8-16(12-39(21)35-15-34-24)11-38-27(41)22-23(28(38)42)31(22,4)5/h8-10,12,15,18,22-23H,6-7,11,13-14H2,1-5H3/t18-,22?,23?/m0/s1. The monoisotopic (exact) mass is 637 g/mol. The Bertz CT molecular complexity index is 1870. The summed E-state index contributed by atoms with van der Waals surface area (Å²) in [7, 11) is 0. The molecule has 3 atom stereocenters. The van der Waals surface area contributed by atoms with E-state index >= 15 is 4.39 Å². The Morgan fingerprint density at radius 1 is 1.18 bits per heavy atom. The summed E-state index contributed by atoms with van der Waals surface area (Å²) in [5.41, 5.74) is 1.79. The van der Waals surface area contributed by atoms with Gasteiger partial charge in [0, 0.05) is 23.3 Å². The van der Waals surface area contributed by atoms with Crippen LogP contribution in [0.4, 0.5) is 9.18 Å². The van der Waals surface area contributed by atoms with Crippen LogP contribution in [-0.4, -0.2) is 83.5 Å². The Morgan fingerprint density at radius 3 is 2.62 bits per heavy atom. The number of benzene rings is 1. The number of imide groups is 1. The van der Waals surface area contributed by atoms with E-state index in [1.165, 1.54) is 22.0 Å². The molecule has 2 aliphatic heterocycles. The number of carbonyl (C=O) groups is 3. The lowest BCUT2D eigenvalue weighted by Crippen LogP contribution is -2.48. The number of amides is 3. The Balaban J connectivity index is 1.21. The first-order valence-corrected chi connectivity index (χ1v) is 15.2. The third kappa shape index (κ3) is 5.02. The second-order valence-corrected chi connectivity index (χ2v) is 14.0. The van der Waals surface area contributed by atoms with Crippen molar-refractivity contribution < 1.29 is 28.2 Å². The average Bonchev–Trinajstić information content (AvgIpc) is 3.23. The molecular weight excluding hydrogens is 605 g/mol. The first-order chi connectivity index (χ1) is 21.2. The first kappa shape index (κ1) is 29.6. The van der Waals surface area contributed by atoms with Crippen LogP contribution >= 0.6 is 11.6 Å². The van der Waals surface area contributed by atoms with Gasteiger partial charge in [-0.15, -0.1) is 5.10 Å². The third-order valence-electron chi connectivity index (χ3n) is 8.88. The van der Waals surface area contributed by atoms with Crippen LogP contribution in [0.3, 0.4) is 0 Å². The molecule has 0 radical (unpaired) electrons. The number of hydrogen-bond donors (Lipinski definition) is 0. The van der Waals surface area contributed by atoms with Crippen molar-refractivity contribution in [3.05, 3.63) is 47.3 Å². The van der Waals surface area contributed by atoms with Gasteiger partial charge >= 0.3 is 6.09 Å². The molecule has 3 aromatic heterocycles. The van der Waals surface area contributed by atoms with Crippen LogP contribution in [-0.2, 0) is 32.2 Å². The molecule has 14 heteroatoms. The zero-order valence-electron chi connectivity index (χ0n) is 25.6. The minimum Gasteiger partial charge on any atom is -0.444 e. The Hall–Kier alpha value is -4.10. The molecular formula is C31H33ClFN7O5. The van der Waals surface area contributed by atoms with Crippen LogP contribution in [0.1, 0.15) is 40.2 Å². The number of rotatable bonds is 5. The van der Waals surface area contributed by atoms with Crippen molar-refractivity contribution in [2.24, 2.45) is 17.3 Å². The van der Waals surface area contributed by atoms with E-state index in [4.69, 9.17) is 21.1 Å². The highest BCUT2D eigenvalue weighted by atomic mass is 35.5. The molecule has 236 valence electrons. The average molecular weight is 638 g/mol. The van der Waals surface area contributed by atoms with Gasteiger partial charge in [0.05, 0.1) is 60.6 Å². The molecule has 5 heterocycles. The number of aromatic nitrogens is 5. The van der Waals surface area contributed by atoms with Crippen molar-refractivity contribution in [3.63, 3.8) is 0 Å². The minimum atomic E-state index is -0.706. The number of likely N-dealkylation sites (tertiary alicyclic amines) is 1. The van der Waals surface area contributed by atoms with Crippen molar-refractivity contribution in [3.8, 4) is 11.3 Å². The van der Waals surface area contributed by atoms with Crippen LogP contribution in [0, 0.1) is 23.2 Å². The van der Waals surface area contributed by atoms with Gasteiger partial charge in [-0.1, -0.05) is 25.4 Å². The zero-order chi connectivity index (χ0) is 32.0. The molecule has 1 aromatic carbocycles. The van der Waals surface area contributed by atoms with Gasteiger partial charge in [0.2, 0.25) is 17.8 Å². The Labute approximate surface area is 263 Å². The molecule has 2 saturated heterocycles. The molecule has 0 N–H and O–H groups in total. The van der Waals surface area contributed by atoms with Gasteiger partial charge < -0.3 is 14.4 Å². The second-order valence-electron chi connectivity index (χ2n) is 13.6. The van der Waals surface area contributed by atoms with E-state index < -0.39 is 23.7 Å². The fourth-order valence-electron chi connectivity index (χ4n) is 6.69.